The summed E-state index contributed by atoms with van der Waals surface area (Å²) in [5.41, 5.74) is 1.31. The zero-order valence-corrected chi connectivity index (χ0v) is 11.0. The van der Waals surface area contributed by atoms with Gasteiger partial charge in [0.2, 0.25) is 0 Å². The molecule has 0 aliphatic heterocycles. The van der Waals surface area contributed by atoms with Crippen molar-refractivity contribution in [1.29, 1.82) is 0 Å². The van der Waals surface area contributed by atoms with Crippen molar-refractivity contribution in [1.82, 2.24) is 14.7 Å². The zero-order valence-electron chi connectivity index (χ0n) is 11.0. The Kier molecular flexibility index (Phi) is 4.88. The third kappa shape index (κ3) is 3.32. The number of aromatic nitrogens is 2. The van der Waals surface area contributed by atoms with Crippen molar-refractivity contribution in [3.05, 3.63) is 17.5 Å². The molecule has 1 aromatic rings. The Hall–Kier alpha value is -1.85. The van der Waals surface area contributed by atoms with Crippen LogP contribution in [0.3, 0.4) is 0 Å². The minimum Gasteiger partial charge on any atom is -0.481 e. The van der Waals surface area contributed by atoms with E-state index in [1.165, 1.54) is 4.90 Å². The molecule has 0 saturated carbocycles. The zero-order chi connectivity index (χ0) is 13.7. The summed E-state index contributed by atoms with van der Waals surface area (Å²) < 4.78 is 1.61. The summed E-state index contributed by atoms with van der Waals surface area (Å²) >= 11 is 0. The number of rotatable bonds is 6. The van der Waals surface area contributed by atoms with Crippen molar-refractivity contribution in [2.24, 2.45) is 7.05 Å². The summed E-state index contributed by atoms with van der Waals surface area (Å²) in [6.07, 6.45) is 2.32. The third-order valence-corrected chi connectivity index (χ3v) is 2.74. The van der Waals surface area contributed by atoms with Gasteiger partial charge in [0.25, 0.3) is 5.91 Å². The lowest BCUT2D eigenvalue weighted by atomic mass is 10.2. The van der Waals surface area contributed by atoms with Gasteiger partial charge in [0, 0.05) is 26.3 Å². The maximum atomic E-state index is 12.3. The first-order chi connectivity index (χ1) is 8.49. The molecule has 1 rings (SSSR count). The van der Waals surface area contributed by atoms with E-state index < -0.39 is 5.97 Å². The minimum atomic E-state index is -0.900. The summed E-state index contributed by atoms with van der Waals surface area (Å²) in [5, 5.41) is 12.9. The molecule has 6 heteroatoms. The molecule has 1 heterocycles. The number of carboxylic acid groups (broad SMARTS) is 1. The second-order valence-electron chi connectivity index (χ2n) is 4.05. The van der Waals surface area contributed by atoms with Crippen molar-refractivity contribution in [2.45, 2.75) is 26.7 Å². The minimum absolute atomic E-state index is 0.0404. The van der Waals surface area contributed by atoms with E-state index >= 15 is 0 Å². The van der Waals surface area contributed by atoms with E-state index in [0.717, 1.165) is 5.69 Å². The molecule has 0 spiro atoms. The summed E-state index contributed by atoms with van der Waals surface area (Å²) in [6.45, 7) is 4.49. The Balaban J connectivity index is 2.85. The fourth-order valence-corrected chi connectivity index (χ4v) is 1.78. The molecule has 1 amide bonds. The summed E-state index contributed by atoms with van der Waals surface area (Å²) in [5.74, 6) is -1.05. The van der Waals surface area contributed by atoms with Crippen LogP contribution in [-0.2, 0) is 18.3 Å². The molecule has 0 saturated heterocycles. The van der Waals surface area contributed by atoms with E-state index in [-0.39, 0.29) is 18.9 Å². The number of hydrogen-bond acceptors (Lipinski definition) is 3. The number of carbonyl (C=O) groups is 2. The van der Waals surface area contributed by atoms with Crippen LogP contribution in [0, 0.1) is 0 Å². The van der Waals surface area contributed by atoms with Crippen LogP contribution in [0.15, 0.2) is 6.20 Å². The molecule has 18 heavy (non-hydrogen) atoms. The second-order valence-corrected chi connectivity index (χ2v) is 4.05. The van der Waals surface area contributed by atoms with Gasteiger partial charge in [-0.15, -0.1) is 0 Å². The average molecular weight is 253 g/mol. The largest absolute Gasteiger partial charge is 0.481 e. The molecule has 0 atom stereocenters. The molecule has 0 bridgehead atoms. The fourth-order valence-electron chi connectivity index (χ4n) is 1.78. The van der Waals surface area contributed by atoms with Gasteiger partial charge >= 0.3 is 5.97 Å². The van der Waals surface area contributed by atoms with Crippen molar-refractivity contribution in [3.63, 3.8) is 0 Å². The van der Waals surface area contributed by atoms with Crippen molar-refractivity contribution >= 4 is 11.9 Å². The second kappa shape index (κ2) is 6.18. The number of amides is 1. The van der Waals surface area contributed by atoms with E-state index in [0.29, 0.717) is 18.5 Å². The maximum Gasteiger partial charge on any atom is 0.305 e. The Morgan fingerprint density at radius 2 is 2.11 bits per heavy atom. The third-order valence-electron chi connectivity index (χ3n) is 2.74. The molecule has 1 N–H and O–H groups in total. The van der Waals surface area contributed by atoms with Crippen molar-refractivity contribution in [2.75, 3.05) is 13.1 Å². The van der Waals surface area contributed by atoms with Gasteiger partial charge in [0.1, 0.15) is 0 Å². The molecule has 0 radical (unpaired) electrons. The Morgan fingerprint density at radius 3 is 2.61 bits per heavy atom. The smallest absolute Gasteiger partial charge is 0.305 e. The molecular weight excluding hydrogens is 234 g/mol. The molecule has 0 fully saturated rings. The highest BCUT2D eigenvalue weighted by Crippen LogP contribution is 2.11. The molecule has 0 aromatic carbocycles. The summed E-state index contributed by atoms with van der Waals surface area (Å²) in [7, 11) is 1.77. The lowest BCUT2D eigenvalue weighted by molar-refractivity contribution is -0.137. The normalized spacial score (nSPS) is 10.4. The highest BCUT2D eigenvalue weighted by atomic mass is 16.4. The number of aryl methyl sites for hydroxylation is 2. The molecule has 0 aliphatic rings. The first kappa shape index (κ1) is 14.2. The van der Waals surface area contributed by atoms with Crippen molar-refractivity contribution < 1.29 is 14.7 Å². The van der Waals surface area contributed by atoms with Gasteiger partial charge in [-0.25, -0.2) is 0 Å². The maximum absolute atomic E-state index is 12.3. The monoisotopic (exact) mass is 253 g/mol. The van der Waals surface area contributed by atoms with Crippen LogP contribution in [0.4, 0.5) is 0 Å². The quantitative estimate of drug-likeness (QED) is 0.818. The SMILES string of the molecule is CCc1nn(C)cc1C(=O)N(CC)CCC(=O)O. The molecule has 0 aliphatic carbocycles. The Bertz CT molecular complexity index is 440. The van der Waals surface area contributed by atoms with Gasteiger partial charge < -0.3 is 10.0 Å². The van der Waals surface area contributed by atoms with Crippen LogP contribution in [0.1, 0.15) is 36.3 Å². The van der Waals surface area contributed by atoms with Gasteiger partial charge in [-0.05, 0) is 13.3 Å². The summed E-state index contributed by atoms with van der Waals surface area (Å²) in [4.78, 5) is 24.3. The topological polar surface area (TPSA) is 75.4 Å². The fraction of sp³-hybridized carbons (Fsp3) is 0.583. The standard InChI is InChI=1S/C12H19N3O3/c1-4-10-9(8-14(3)13-10)12(18)15(5-2)7-6-11(16)17/h8H,4-7H2,1-3H3,(H,16,17). The predicted octanol–water partition coefficient (Wildman–Crippen LogP) is 0.919. The van der Waals surface area contributed by atoms with Gasteiger partial charge in [-0.1, -0.05) is 6.92 Å². The Labute approximate surface area is 106 Å². The number of hydrogen-bond donors (Lipinski definition) is 1. The molecule has 100 valence electrons. The lowest BCUT2D eigenvalue weighted by Gasteiger charge is -2.19. The van der Waals surface area contributed by atoms with E-state index in [1.54, 1.807) is 17.9 Å². The van der Waals surface area contributed by atoms with Crippen LogP contribution >= 0.6 is 0 Å². The molecular formula is C12H19N3O3. The van der Waals surface area contributed by atoms with Crippen LogP contribution < -0.4 is 0 Å². The molecule has 1 aromatic heterocycles. The highest BCUT2D eigenvalue weighted by molar-refractivity contribution is 5.95. The van der Waals surface area contributed by atoms with E-state index in [9.17, 15) is 9.59 Å². The lowest BCUT2D eigenvalue weighted by Crippen LogP contribution is -2.33. The van der Waals surface area contributed by atoms with E-state index in [4.69, 9.17) is 5.11 Å². The van der Waals surface area contributed by atoms with Crippen LogP contribution in [-0.4, -0.2) is 44.8 Å². The average Bonchev–Trinajstić information content (AvgIpc) is 2.70. The van der Waals surface area contributed by atoms with E-state index in [1.807, 2.05) is 13.8 Å². The van der Waals surface area contributed by atoms with Gasteiger partial charge in [0.05, 0.1) is 17.7 Å². The van der Waals surface area contributed by atoms with Crippen LogP contribution in [0.2, 0.25) is 0 Å². The summed E-state index contributed by atoms with van der Waals surface area (Å²) in [6, 6.07) is 0. The van der Waals surface area contributed by atoms with Crippen LogP contribution in [0.25, 0.3) is 0 Å². The highest BCUT2D eigenvalue weighted by Gasteiger charge is 2.20. The first-order valence-electron chi connectivity index (χ1n) is 6.03. The van der Waals surface area contributed by atoms with E-state index in [2.05, 4.69) is 5.10 Å². The van der Waals surface area contributed by atoms with Gasteiger partial charge in [-0.3, -0.25) is 14.3 Å². The van der Waals surface area contributed by atoms with Crippen molar-refractivity contribution in [3.8, 4) is 0 Å². The number of carbonyl (C=O) groups excluding carboxylic acids is 1. The number of carboxylic acids is 1. The Morgan fingerprint density at radius 1 is 1.44 bits per heavy atom. The molecule has 0 unspecified atom stereocenters. The van der Waals surface area contributed by atoms with Crippen LogP contribution in [0.5, 0.6) is 0 Å². The predicted molar refractivity (Wildman–Crippen MR) is 66.4 cm³/mol. The first-order valence-corrected chi connectivity index (χ1v) is 6.03. The molecule has 6 nitrogen and oxygen atoms in total. The van der Waals surface area contributed by atoms with Gasteiger partial charge in [-0.2, -0.15) is 5.10 Å². The number of aliphatic carboxylic acids is 1. The number of nitrogens with zero attached hydrogens (tertiary/aromatic N) is 3. The van der Waals surface area contributed by atoms with Gasteiger partial charge in [0.15, 0.2) is 0 Å².